The first-order chi connectivity index (χ1) is 13.9. The number of nitrogens with one attached hydrogen (secondary N) is 1. The van der Waals surface area contributed by atoms with Crippen molar-refractivity contribution in [1.29, 1.82) is 0 Å². The number of hydrogen-bond acceptors (Lipinski definition) is 2. The van der Waals surface area contributed by atoms with E-state index in [1.165, 1.54) is 0 Å². The first-order valence-electron chi connectivity index (χ1n) is 9.20. The number of rotatable bonds is 4. The van der Waals surface area contributed by atoms with Crippen LogP contribution in [0.3, 0.4) is 0 Å². The second-order valence-corrected chi connectivity index (χ2v) is 6.54. The molecule has 0 aliphatic carbocycles. The van der Waals surface area contributed by atoms with E-state index in [2.05, 4.69) is 70.9 Å². The van der Waals surface area contributed by atoms with E-state index in [1.807, 2.05) is 41.2 Å². The fourth-order valence-corrected chi connectivity index (χ4v) is 3.50. The number of H-pyrrole nitrogens is 1. The van der Waals surface area contributed by atoms with Crippen LogP contribution in [0.15, 0.2) is 103 Å². The van der Waals surface area contributed by atoms with Gasteiger partial charge >= 0.3 is 0 Å². The van der Waals surface area contributed by atoms with Crippen LogP contribution in [0.4, 0.5) is 0 Å². The summed E-state index contributed by atoms with van der Waals surface area (Å²) in [6.45, 7) is 0. The molecule has 0 radical (unpaired) electrons. The highest BCUT2D eigenvalue weighted by atomic mass is 15.3. The van der Waals surface area contributed by atoms with Gasteiger partial charge in [0, 0.05) is 22.9 Å². The van der Waals surface area contributed by atoms with Gasteiger partial charge < -0.3 is 0 Å². The number of hydrogen-bond donors (Lipinski definition) is 1. The topological polar surface area (TPSA) is 46.5 Å². The summed E-state index contributed by atoms with van der Waals surface area (Å²) in [5, 5.41) is 12.1. The number of aromatic amines is 1. The molecule has 0 atom stereocenters. The van der Waals surface area contributed by atoms with Crippen molar-refractivity contribution >= 4 is 0 Å². The fourth-order valence-electron chi connectivity index (χ4n) is 3.50. The summed E-state index contributed by atoms with van der Waals surface area (Å²) >= 11 is 0. The smallest absolute Gasteiger partial charge is 0.103 e. The molecule has 0 bridgehead atoms. The Hall–Kier alpha value is -3.92. The molecule has 0 saturated carbocycles. The Bertz CT molecular complexity index is 1180. The van der Waals surface area contributed by atoms with Crippen molar-refractivity contribution < 1.29 is 0 Å². The van der Waals surface area contributed by atoms with Crippen LogP contribution < -0.4 is 0 Å². The zero-order valence-corrected chi connectivity index (χ0v) is 15.2. The van der Waals surface area contributed by atoms with E-state index in [4.69, 9.17) is 5.10 Å². The normalized spacial score (nSPS) is 10.9. The summed E-state index contributed by atoms with van der Waals surface area (Å²) in [6.07, 6.45) is 3.66. The molecule has 2 aromatic heterocycles. The third-order valence-electron chi connectivity index (χ3n) is 4.77. The number of aromatic nitrogens is 4. The van der Waals surface area contributed by atoms with Gasteiger partial charge in [-0.1, -0.05) is 91.0 Å². The minimum absolute atomic E-state index is 0.901. The Morgan fingerprint density at radius 1 is 0.643 bits per heavy atom. The molecule has 4 nitrogen and oxygen atoms in total. The summed E-state index contributed by atoms with van der Waals surface area (Å²) in [5.74, 6) is 0. The van der Waals surface area contributed by atoms with Gasteiger partial charge in [0.15, 0.2) is 0 Å². The lowest BCUT2D eigenvalue weighted by Gasteiger charge is -2.09. The SMILES string of the molecule is c1ccc(-c2nn(-c3cn[nH]c3)c(-c3ccccc3)c2-c2ccccc2)cc1. The molecule has 0 amide bonds. The van der Waals surface area contributed by atoms with Gasteiger partial charge in [-0.2, -0.15) is 10.2 Å². The molecule has 0 aliphatic rings. The summed E-state index contributed by atoms with van der Waals surface area (Å²) in [5.41, 5.74) is 7.34. The highest BCUT2D eigenvalue weighted by Crippen LogP contribution is 2.40. The average Bonchev–Trinajstić information content (AvgIpc) is 3.43. The van der Waals surface area contributed by atoms with E-state index >= 15 is 0 Å². The monoisotopic (exact) mass is 362 g/mol. The molecule has 5 aromatic rings. The number of nitrogens with zero attached hydrogens (tertiary/aromatic N) is 3. The van der Waals surface area contributed by atoms with Gasteiger partial charge in [0.1, 0.15) is 11.4 Å². The molecule has 0 spiro atoms. The van der Waals surface area contributed by atoms with Gasteiger partial charge in [0.25, 0.3) is 0 Å². The van der Waals surface area contributed by atoms with E-state index in [0.717, 1.165) is 39.3 Å². The predicted molar refractivity (Wildman–Crippen MR) is 112 cm³/mol. The van der Waals surface area contributed by atoms with Crippen molar-refractivity contribution in [2.24, 2.45) is 0 Å². The molecule has 0 fully saturated rings. The molecule has 0 unspecified atom stereocenters. The van der Waals surface area contributed by atoms with Crippen LogP contribution in [-0.4, -0.2) is 20.0 Å². The van der Waals surface area contributed by atoms with Crippen molar-refractivity contribution in [2.75, 3.05) is 0 Å². The lowest BCUT2D eigenvalue weighted by atomic mass is 9.96. The molecular weight excluding hydrogens is 344 g/mol. The van der Waals surface area contributed by atoms with E-state index < -0.39 is 0 Å². The van der Waals surface area contributed by atoms with Gasteiger partial charge in [-0.3, -0.25) is 5.10 Å². The highest BCUT2D eigenvalue weighted by Gasteiger charge is 2.22. The molecule has 134 valence electrons. The largest absolute Gasteiger partial charge is 0.283 e. The van der Waals surface area contributed by atoms with Crippen molar-refractivity contribution in [1.82, 2.24) is 20.0 Å². The molecule has 0 aliphatic heterocycles. The van der Waals surface area contributed by atoms with Crippen LogP contribution in [0.1, 0.15) is 0 Å². The molecule has 3 aromatic carbocycles. The molecule has 2 heterocycles. The second kappa shape index (κ2) is 7.00. The zero-order chi connectivity index (χ0) is 18.8. The van der Waals surface area contributed by atoms with E-state index in [0.29, 0.717) is 0 Å². The summed E-state index contributed by atoms with van der Waals surface area (Å²) in [4.78, 5) is 0. The Kier molecular flexibility index (Phi) is 4.07. The van der Waals surface area contributed by atoms with Gasteiger partial charge in [-0.25, -0.2) is 4.68 Å². The van der Waals surface area contributed by atoms with Gasteiger partial charge in [-0.15, -0.1) is 0 Å². The van der Waals surface area contributed by atoms with Gasteiger partial charge in [0.05, 0.1) is 11.9 Å². The van der Waals surface area contributed by atoms with Crippen LogP contribution in [0.25, 0.3) is 39.3 Å². The number of benzene rings is 3. The Balaban J connectivity index is 1.89. The Morgan fingerprint density at radius 3 is 1.79 bits per heavy atom. The Morgan fingerprint density at radius 2 is 1.21 bits per heavy atom. The second-order valence-electron chi connectivity index (χ2n) is 6.54. The summed E-state index contributed by atoms with van der Waals surface area (Å²) in [6, 6.07) is 31.1. The average molecular weight is 362 g/mol. The standard InChI is InChI=1S/C24H18N4/c1-4-10-18(11-5-1)22-23(19-12-6-2-7-13-19)27-28(21-16-25-26-17-21)24(22)20-14-8-3-9-15-20/h1-17H,(H,25,26). The minimum Gasteiger partial charge on any atom is -0.283 e. The van der Waals surface area contributed by atoms with Gasteiger partial charge in [-0.05, 0) is 5.56 Å². The fraction of sp³-hybridized carbons (Fsp3) is 0. The van der Waals surface area contributed by atoms with E-state index in [-0.39, 0.29) is 0 Å². The molecule has 4 heteroatoms. The quantitative estimate of drug-likeness (QED) is 0.452. The third-order valence-corrected chi connectivity index (χ3v) is 4.77. The lowest BCUT2D eigenvalue weighted by Crippen LogP contribution is -1.98. The van der Waals surface area contributed by atoms with E-state index in [9.17, 15) is 0 Å². The predicted octanol–water partition coefficient (Wildman–Crippen LogP) is 5.60. The molecule has 1 N–H and O–H groups in total. The van der Waals surface area contributed by atoms with Gasteiger partial charge in [0.2, 0.25) is 0 Å². The van der Waals surface area contributed by atoms with Crippen LogP contribution in [0, 0.1) is 0 Å². The third kappa shape index (κ3) is 2.81. The highest BCUT2D eigenvalue weighted by molar-refractivity contribution is 5.92. The maximum absolute atomic E-state index is 5.03. The van der Waals surface area contributed by atoms with Crippen LogP contribution >= 0.6 is 0 Å². The lowest BCUT2D eigenvalue weighted by molar-refractivity contribution is 0.893. The zero-order valence-electron chi connectivity index (χ0n) is 15.2. The summed E-state index contributed by atoms with van der Waals surface area (Å²) < 4.78 is 1.98. The molecule has 0 saturated heterocycles. The van der Waals surface area contributed by atoms with Crippen molar-refractivity contribution in [3.8, 4) is 39.3 Å². The maximum Gasteiger partial charge on any atom is 0.103 e. The molecular formula is C24H18N4. The first kappa shape index (κ1) is 16.3. The Labute approximate surface area is 163 Å². The van der Waals surface area contributed by atoms with Crippen molar-refractivity contribution in [3.05, 3.63) is 103 Å². The van der Waals surface area contributed by atoms with Crippen molar-refractivity contribution in [2.45, 2.75) is 0 Å². The van der Waals surface area contributed by atoms with Crippen LogP contribution in [0.2, 0.25) is 0 Å². The van der Waals surface area contributed by atoms with Crippen molar-refractivity contribution in [3.63, 3.8) is 0 Å². The minimum atomic E-state index is 0.901. The molecule has 5 rings (SSSR count). The van der Waals surface area contributed by atoms with E-state index in [1.54, 1.807) is 6.20 Å². The first-order valence-corrected chi connectivity index (χ1v) is 9.20. The maximum atomic E-state index is 5.03. The van der Waals surface area contributed by atoms with Crippen LogP contribution in [0.5, 0.6) is 0 Å². The molecule has 28 heavy (non-hydrogen) atoms. The summed E-state index contributed by atoms with van der Waals surface area (Å²) in [7, 11) is 0. The van der Waals surface area contributed by atoms with Crippen LogP contribution in [-0.2, 0) is 0 Å².